The van der Waals surface area contributed by atoms with Crippen molar-refractivity contribution in [2.45, 2.75) is 39.5 Å². The Morgan fingerprint density at radius 2 is 1.88 bits per heavy atom. The number of nitrogens with zero attached hydrogens (tertiary/aromatic N) is 2. The summed E-state index contributed by atoms with van der Waals surface area (Å²) >= 11 is 6.23. The molecule has 0 bridgehead atoms. The Morgan fingerprint density at radius 3 is 2.46 bits per heavy atom. The summed E-state index contributed by atoms with van der Waals surface area (Å²) in [6, 6.07) is 4.90. The molecule has 0 N–H and O–H groups in total. The smallest absolute Gasteiger partial charge is 0.253 e. The van der Waals surface area contributed by atoms with E-state index in [9.17, 15) is 13.2 Å². The van der Waals surface area contributed by atoms with E-state index < -0.39 is 10.0 Å². The Labute approximate surface area is 149 Å². The molecule has 2 rings (SSSR count). The molecule has 0 radical (unpaired) electrons. The maximum atomic E-state index is 12.7. The molecule has 1 saturated heterocycles. The van der Waals surface area contributed by atoms with Gasteiger partial charge in [-0.25, -0.2) is 8.42 Å². The quantitative estimate of drug-likeness (QED) is 0.767. The number of carbonyl (C=O) groups excluding carboxylic acids is 1. The Bertz CT molecular complexity index is 685. The summed E-state index contributed by atoms with van der Waals surface area (Å²) < 4.78 is 26.0. The van der Waals surface area contributed by atoms with Crippen LogP contribution in [0.5, 0.6) is 0 Å². The minimum Gasteiger partial charge on any atom is -0.339 e. The zero-order chi connectivity index (χ0) is 17.7. The van der Waals surface area contributed by atoms with Crippen LogP contribution in [0.15, 0.2) is 18.2 Å². The van der Waals surface area contributed by atoms with Crippen molar-refractivity contribution >= 4 is 33.2 Å². The fourth-order valence-corrected chi connectivity index (χ4v) is 4.85. The molecule has 0 aliphatic carbocycles. The van der Waals surface area contributed by atoms with Gasteiger partial charge in [0.1, 0.15) is 0 Å². The second kappa shape index (κ2) is 8.21. The zero-order valence-corrected chi connectivity index (χ0v) is 15.9. The summed E-state index contributed by atoms with van der Waals surface area (Å²) in [4.78, 5) is 14.6. The first-order valence-corrected chi connectivity index (χ1v) is 10.5. The fraction of sp³-hybridized carbons (Fsp3) is 0.588. The Kier molecular flexibility index (Phi) is 6.52. The molecule has 1 heterocycles. The first-order chi connectivity index (χ1) is 11.4. The molecule has 0 spiro atoms. The van der Waals surface area contributed by atoms with E-state index >= 15 is 0 Å². The third kappa shape index (κ3) is 4.22. The van der Waals surface area contributed by atoms with Crippen LogP contribution in [0.3, 0.4) is 0 Å². The number of sulfonamides is 1. The lowest BCUT2D eigenvalue weighted by Gasteiger charge is -2.29. The van der Waals surface area contributed by atoms with Gasteiger partial charge in [-0.3, -0.25) is 9.10 Å². The molecule has 0 aromatic heterocycles. The molecule has 0 unspecified atom stereocenters. The Morgan fingerprint density at radius 1 is 1.21 bits per heavy atom. The van der Waals surface area contributed by atoms with Crippen LogP contribution in [0.2, 0.25) is 5.02 Å². The highest BCUT2D eigenvalue weighted by atomic mass is 35.5. The predicted octanol–water partition coefficient (Wildman–Crippen LogP) is 3.53. The van der Waals surface area contributed by atoms with Gasteiger partial charge < -0.3 is 4.90 Å². The van der Waals surface area contributed by atoms with Gasteiger partial charge in [-0.1, -0.05) is 25.4 Å². The average Bonchev–Trinajstić information content (AvgIpc) is 2.54. The van der Waals surface area contributed by atoms with Gasteiger partial charge in [-0.05, 0) is 43.9 Å². The van der Waals surface area contributed by atoms with Crippen LogP contribution in [-0.4, -0.2) is 44.6 Å². The van der Waals surface area contributed by atoms with Gasteiger partial charge in [0.15, 0.2) is 0 Å². The number of rotatable bonds is 6. The van der Waals surface area contributed by atoms with Crippen LogP contribution in [0.25, 0.3) is 0 Å². The minimum absolute atomic E-state index is 0.0778. The van der Waals surface area contributed by atoms with Gasteiger partial charge in [0.2, 0.25) is 10.0 Å². The van der Waals surface area contributed by atoms with Crippen molar-refractivity contribution in [1.82, 2.24) is 4.90 Å². The Hall–Kier alpha value is -1.27. The summed E-state index contributed by atoms with van der Waals surface area (Å²) in [5.74, 6) is 0.0465. The summed E-state index contributed by atoms with van der Waals surface area (Å²) in [5.41, 5.74) is 0.896. The monoisotopic (exact) mass is 372 g/mol. The third-order valence-corrected chi connectivity index (χ3v) is 6.26. The minimum atomic E-state index is -3.36. The van der Waals surface area contributed by atoms with Gasteiger partial charge in [-0.2, -0.15) is 0 Å². The third-order valence-electron chi connectivity index (χ3n) is 4.09. The molecular weight excluding hydrogens is 348 g/mol. The van der Waals surface area contributed by atoms with E-state index in [1.165, 1.54) is 4.31 Å². The molecule has 7 heteroatoms. The number of carbonyl (C=O) groups is 1. The molecule has 134 valence electrons. The van der Waals surface area contributed by atoms with Crippen molar-refractivity contribution in [3.63, 3.8) is 0 Å². The molecule has 0 atom stereocenters. The van der Waals surface area contributed by atoms with E-state index in [2.05, 4.69) is 0 Å². The van der Waals surface area contributed by atoms with Gasteiger partial charge in [0, 0.05) is 25.2 Å². The highest BCUT2D eigenvalue weighted by Crippen LogP contribution is 2.32. The fourth-order valence-electron chi connectivity index (χ4n) is 2.93. The summed E-state index contributed by atoms with van der Waals surface area (Å²) in [5, 5.41) is 0.356. The molecule has 1 amide bonds. The summed E-state index contributed by atoms with van der Waals surface area (Å²) in [6.45, 7) is 5.85. The van der Waals surface area contributed by atoms with E-state index in [1.807, 2.05) is 13.8 Å². The van der Waals surface area contributed by atoms with Crippen molar-refractivity contribution in [3.8, 4) is 0 Å². The molecule has 0 saturated carbocycles. The molecule has 1 fully saturated rings. The Balaban J connectivity index is 2.35. The summed E-state index contributed by atoms with van der Waals surface area (Å²) in [6.07, 6.45) is 3.22. The van der Waals surface area contributed by atoms with E-state index in [0.29, 0.717) is 42.3 Å². The van der Waals surface area contributed by atoms with Gasteiger partial charge in [0.05, 0.1) is 16.5 Å². The molecule has 1 aromatic rings. The van der Waals surface area contributed by atoms with Crippen molar-refractivity contribution in [3.05, 3.63) is 28.8 Å². The molecule has 1 aliphatic rings. The molecule has 1 aliphatic heterocycles. The highest BCUT2D eigenvalue weighted by Gasteiger charge is 2.28. The number of anilines is 1. The van der Waals surface area contributed by atoms with Crippen molar-refractivity contribution in [1.29, 1.82) is 0 Å². The van der Waals surface area contributed by atoms with Crippen LogP contribution in [-0.2, 0) is 10.0 Å². The predicted molar refractivity (Wildman–Crippen MR) is 98.3 cm³/mol. The molecule has 1 aromatic carbocycles. The SMILES string of the molecule is CCCN(CCC)C(=O)c1ccc(Cl)c(N2CCCCS2(=O)=O)c1. The second-order valence-electron chi connectivity index (χ2n) is 6.05. The van der Waals surface area contributed by atoms with E-state index in [4.69, 9.17) is 11.6 Å². The van der Waals surface area contributed by atoms with Crippen molar-refractivity contribution < 1.29 is 13.2 Å². The van der Waals surface area contributed by atoms with Crippen LogP contribution in [0.4, 0.5) is 5.69 Å². The van der Waals surface area contributed by atoms with E-state index in [1.54, 1.807) is 23.1 Å². The maximum Gasteiger partial charge on any atom is 0.253 e. The first kappa shape index (κ1) is 19.1. The molecule has 24 heavy (non-hydrogen) atoms. The highest BCUT2D eigenvalue weighted by molar-refractivity contribution is 7.92. The topological polar surface area (TPSA) is 57.7 Å². The molecule has 5 nitrogen and oxygen atoms in total. The maximum absolute atomic E-state index is 12.7. The van der Waals surface area contributed by atoms with Gasteiger partial charge in [-0.15, -0.1) is 0 Å². The number of hydrogen-bond acceptors (Lipinski definition) is 3. The lowest BCUT2D eigenvalue weighted by atomic mass is 10.1. The van der Waals surface area contributed by atoms with Crippen molar-refractivity contribution in [2.75, 3.05) is 29.7 Å². The number of amides is 1. The van der Waals surface area contributed by atoms with Crippen LogP contribution < -0.4 is 4.31 Å². The lowest BCUT2D eigenvalue weighted by Crippen LogP contribution is -2.38. The lowest BCUT2D eigenvalue weighted by molar-refractivity contribution is 0.0755. The van der Waals surface area contributed by atoms with E-state index in [-0.39, 0.29) is 11.7 Å². The number of hydrogen-bond donors (Lipinski definition) is 0. The summed E-state index contributed by atoms with van der Waals surface area (Å²) in [7, 11) is -3.36. The van der Waals surface area contributed by atoms with Crippen LogP contribution in [0, 0.1) is 0 Å². The zero-order valence-electron chi connectivity index (χ0n) is 14.3. The standard InChI is InChI=1S/C17H25ClN2O3S/c1-3-9-19(10-4-2)17(21)14-7-8-15(18)16(13-14)20-11-5-6-12-24(20,22)23/h7-8,13H,3-6,9-12H2,1-2H3. The van der Waals surface area contributed by atoms with Crippen LogP contribution >= 0.6 is 11.6 Å². The number of halogens is 1. The molecular formula is C17H25ClN2O3S. The number of benzene rings is 1. The first-order valence-electron chi connectivity index (χ1n) is 8.50. The largest absolute Gasteiger partial charge is 0.339 e. The average molecular weight is 373 g/mol. The van der Waals surface area contributed by atoms with Crippen LogP contribution in [0.1, 0.15) is 49.9 Å². The normalized spacial score (nSPS) is 16.9. The van der Waals surface area contributed by atoms with E-state index in [0.717, 1.165) is 19.3 Å². The van der Waals surface area contributed by atoms with Gasteiger partial charge >= 0.3 is 0 Å². The van der Waals surface area contributed by atoms with Gasteiger partial charge in [0.25, 0.3) is 5.91 Å². The second-order valence-corrected chi connectivity index (χ2v) is 8.47. The van der Waals surface area contributed by atoms with Crippen molar-refractivity contribution in [2.24, 2.45) is 0 Å².